The molecule has 1 saturated carbocycles. The minimum atomic E-state index is -2.14. The molecule has 10 heteroatoms. The van der Waals surface area contributed by atoms with E-state index in [-0.39, 0.29) is 5.25 Å². The summed E-state index contributed by atoms with van der Waals surface area (Å²) >= 11 is 0.926. The van der Waals surface area contributed by atoms with Crippen LogP contribution in [0.15, 0.2) is 9.79 Å². The van der Waals surface area contributed by atoms with E-state index in [0.717, 1.165) is 19.1 Å². The van der Waals surface area contributed by atoms with Crippen molar-refractivity contribution in [1.29, 1.82) is 0 Å². The monoisotopic (exact) mass is 472 g/mol. The highest BCUT2D eigenvalue weighted by molar-refractivity contribution is 8.00. The Balaban J connectivity index is 2.15. The van der Waals surface area contributed by atoms with Crippen molar-refractivity contribution < 1.29 is 35.1 Å². The predicted molar refractivity (Wildman–Crippen MR) is 101 cm³/mol. The zero-order chi connectivity index (χ0) is 22.3. The molecule has 0 aliphatic heterocycles. The van der Waals surface area contributed by atoms with E-state index in [1.54, 1.807) is 0 Å². The maximum absolute atomic E-state index is 14.6. The molecule has 0 bridgehead atoms. The Bertz CT molecular complexity index is 926. The molecule has 0 unspecified atom stereocenters. The van der Waals surface area contributed by atoms with Gasteiger partial charge in [0.2, 0.25) is 0 Å². The van der Waals surface area contributed by atoms with Gasteiger partial charge in [0.1, 0.15) is 0 Å². The maximum Gasteiger partial charge on any atom is 0.176 e. The molecule has 0 atom stereocenters. The van der Waals surface area contributed by atoms with Gasteiger partial charge in [-0.2, -0.15) is 0 Å². The first-order chi connectivity index (χ1) is 14.1. The van der Waals surface area contributed by atoms with Crippen molar-refractivity contribution in [3.63, 3.8) is 0 Å². The Kier molecular flexibility index (Phi) is 6.96. The number of hydrogen-bond acceptors (Lipinski definition) is 2. The van der Waals surface area contributed by atoms with Crippen molar-refractivity contribution in [3.05, 3.63) is 46.5 Å². The summed E-state index contributed by atoms with van der Waals surface area (Å²) in [6, 6.07) is 0. The molecular weight excluding hydrogens is 456 g/mol. The number of rotatable bonds is 4. The van der Waals surface area contributed by atoms with E-state index < -0.39 is 67.5 Å². The molecule has 0 saturated heterocycles. The quantitative estimate of drug-likeness (QED) is 0.252. The lowest BCUT2D eigenvalue weighted by Gasteiger charge is -2.26. The molecule has 0 nitrogen and oxygen atoms in total. The third-order valence-electron chi connectivity index (χ3n) is 5.15. The van der Waals surface area contributed by atoms with Crippen LogP contribution in [0.3, 0.4) is 0 Å². The Morgan fingerprint density at radius 1 is 0.567 bits per heavy atom. The molecule has 1 fully saturated rings. The summed E-state index contributed by atoms with van der Waals surface area (Å²) in [5.74, 6) is -15.6. The minimum absolute atomic E-state index is 0.293. The van der Waals surface area contributed by atoms with Gasteiger partial charge in [-0.05, 0) is 37.9 Å². The molecule has 1 aliphatic carbocycles. The Morgan fingerprint density at radius 2 is 0.933 bits per heavy atom. The van der Waals surface area contributed by atoms with Gasteiger partial charge in [0.15, 0.2) is 46.5 Å². The van der Waals surface area contributed by atoms with Crippen molar-refractivity contribution in [2.75, 3.05) is 6.26 Å². The SMILES string of the molecule is CSc1c(F)c(F)c(-c2c(F)c(F)c(SC3CCC(C)CC3)c(F)c2F)c(F)c1F. The highest BCUT2D eigenvalue weighted by Crippen LogP contribution is 2.44. The van der Waals surface area contributed by atoms with Gasteiger partial charge in [0.25, 0.3) is 0 Å². The molecule has 0 spiro atoms. The third kappa shape index (κ3) is 3.92. The van der Waals surface area contributed by atoms with Gasteiger partial charge in [0, 0.05) is 5.25 Å². The van der Waals surface area contributed by atoms with Crippen LogP contribution in [0.4, 0.5) is 35.1 Å². The molecular formula is C20H16F8S2. The summed E-state index contributed by atoms with van der Waals surface area (Å²) < 4.78 is 115. The van der Waals surface area contributed by atoms with Crippen molar-refractivity contribution in [3.8, 4) is 11.1 Å². The molecule has 1 aliphatic rings. The van der Waals surface area contributed by atoms with Gasteiger partial charge in [-0.3, -0.25) is 0 Å². The fourth-order valence-corrected chi connectivity index (χ4v) is 5.22. The van der Waals surface area contributed by atoms with Crippen LogP contribution in [0.2, 0.25) is 0 Å². The van der Waals surface area contributed by atoms with Crippen molar-refractivity contribution in [2.24, 2.45) is 5.92 Å². The van der Waals surface area contributed by atoms with Gasteiger partial charge in [-0.15, -0.1) is 23.5 Å². The smallest absolute Gasteiger partial charge is 0.176 e. The second-order valence-electron chi connectivity index (χ2n) is 7.12. The molecule has 2 aromatic rings. The number of hydrogen-bond donors (Lipinski definition) is 0. The van der Waals surface area contributed by atoms with Crippen molar-refractivity contribution in [2.45, 2.75) is 47.6 Å². The lowest BCUT2D eigenvalue weighted by Crippen LogP contribution is -2.15. The van der Waals surface area contributed by atoms with Crippen molar-refractivity contribution in [1.82, 2.24) is 0 Å². The molecule has 0 aromatic heterocycles. The summed E-state index contributed by atoms with van der Waals surface area (Å²) in [6.45, 7) is 2.01. The molecule has 2 aromatic carbocycles. The molecule has 3 rings (SSSR count). The van der Waals surface area contributed by atoms with Gasteiger partial charge in [-0.1, -0.05) is 6.92 Å². The summed E-state index contributed by atoms with van der Waals surface area (Å²) in [5, 5.41) is -0.293. The van der Waals surface area contributed by atoms with E-state index in [1.807, 2.05) is 6.92 Å². The second-order valence-corrected chi connectivity index (χ2v) is 9.25. The van der Waals surface area contributed by atoms with Crippen LogP contribution in [0.5, 0.6) is 0 Å². The van der Waals surface area contributed by atoms with Gasteiger partial charge < -0.3 is 0 Å². The molecule has 164 valence electrons. The first kappa shape index (κ1) is 23.2. The van der Waals surface area contributed by atoms with E-state index in [9.17, 15) is 35.1 Å². The normalized spacial score (nSPS) is 19.4. The third-order valence-corrected chi connectivity index (χ3v) is 7.31. The lowest BCUT2D eigenvalue weighted by atomic mass is 9.91. The molecule has 0 heterocycles. The van der Waals surface area contributed by atoms with E-state index in [0.29, 0.717) is 42.3 Å². The van der Waals surface area contributed by atoms with Crippen LogP contribution in [0, 0.1) is 52.5 Å². The van der Waals surface area contributed by atoms with Crippen LogP contribution in [0.1, 0.15) is 32.6 Å². The molecule has 30 heavy (non-hydrogen) atoms. The number of benzene rings is 2. The van der Waals surface area contributed by atoms with Gasteiger partial charge in [0.05, 0.1) is 20.9 Å². The summed E-state index contributed by atoms with van der Waals surface area (Å²) in [5.41, 5.74) is -3.66. The van der Waals surface area contributed by atoms with Gasteiger partial charge in [-0.25, -0.2) is 35.1 Å². The average Bonchev–Trinajstić information content (AvgIpc) is 2.72. The maximum atomic E-state index is 14.6. The topological polar surface area (TPSA) is 0 Å². The molecule has 0 radical (unpaired) electrons. The van der Waals surface area contributed by atoms with E-state index in [1.165, 1.54) is 0 Å². The Morgan fingerprint density at radius 3 is 1.30 bits per heavy atom. The van der Waals surface area contributed by atoms with E-state index in [4.69, 9.17) is 0 Å². The summed E-state index contributed by atoms with van der Waals surface area (Å²) in [6.07, 6.45) is 3.83. The molecule has 0 N–H and O–H groups in total. The zero-order valence-corrected chi connectivity index (χ0v) is 17.5. The predicted octanol–water partition coefficient (Wildman–Crippen LogP) is 7.86. The zero-order valence-electron chi connectivity index (χ0n) is 15.8. The fourth-order valence-electron chi connectivity index (χ4n) is 3.46. The Hall–Kier alpha value is -1.42. The highest BCUT2D eigenvalue weighted by atomic mass is 32.2. The van der Waals surface area contributed by atoms with Crippen LogP contribution in [0.25, 0.3) is 11.1 Å². The standard InChI is InChI=1S/C20H16F8S2/c1-7-3-5-8(6-4-7)30-20-17(27)13(23)10(14(24)18(20)28)9-11(21)15(25)19(29-2)16(26)12(9)22/h7-8H,3-6H2,1-2H3. The number of thioether (sulfide) groups is 2. The van der Waals surface area contributed by atoms with Gasteiger partial charge >= 0.3 is 0 Å². The van der Waals surface area contributed by atoms with Crippen LogP contribution in [-0.4, -0.2) is 11.5 Å². The van der Waals surface area contributed by atoms with E-state index in [2.05, 4.69) is 0 Å². The van der Waals surface area contributed by atoms with Crippen LogP contribution < -0.4 is 0 Å². The average molecular weight is 472 g/mol. The first-order valence-corrected chi connectivity index (χ1v) is 11.1. The summed E-state index contributed by atoms with van der Waals surface area (Å²) in [7, 11) is 0. The lowest BCUT2D eigenvalue weighted by molar-refractivity contribution is 0.390. The first-order valence-electron chi connectivity index (χ1n) is 9.02. The minimum Gasteiger partial charge on any atom is -0.203 e. The van der Waals surface area contributed by atoms with Crippen molar-refractivity contribution >= 4 is 23.5 Å². The van der Waals surface area contributed by atoms with E-state index >= 15 is 0 Å². The number of halogens is 8. The second kappa shape index (κ2) is 8.98. The van der Waals surface area contributed by atoms with Crippen LogP contribution >= 0.6 is 23.5 Å². The highest BCUT2D eigenvalue weighted by Gasteiger charge is 2.35. The summed E-state index contributed by atoms with van der Waals surface area (Å²) in [4.78, 5) is -2.02. The largest absolute Gasteiger partial charge is 0.203 e. The fraction of sp³-hybridized carbons (Fsp3) is 0.400. The molecule has 0 amide bonds. The van der Waals surface area contributed by atoms with Crippen LogP contribution in [-0.2, 0) is 0 Å². The Labute approximate surface area is 176 Å².